The molecule has 0 aliphatic heterocycles. The summed E-state index contributed by atoms with van der Waals surface area (Å²) in [7, 11) is -3.20. The number of sulfonamides is 1. The van der Waals surface area contributed by atoms with Gasteiger partial charge in [0.2, 0.25) is 10.0 Å². The fourth-order valence-corrected chi connectivity index (χ4v) is 1.69. The minimum atomic E-state index is -3.20. The van der Waals surface area contributed by atoms with E-state index in [9.17, 15) is 8.42 Å². The first-order valence-electron chi connectivity index (χ1n) is 4.83. The van der Waals surface area contributed by atoms with Crippen molar-refractivity contribution in [3.05, 3.63) is 36.4 Å². The third-order valence-corrected chi connectivity index (χ3v) is 2.39. The van der Waals surface area contributed by atoms with Crippen LogP contribution in [0.25, 0.3) is 0 Å². The number of nitrogens with one attached hydrogen (secondary N) is 2. The third-order valence-electron chi connectivity index (χ3n) is 1.78. The van der Waals surface area contributed by atoms with Crippen molar-refractivity contribution in [3.8, 4) is 0 Å². The summed E-state index contributed by atoms with van der Waals surface area (Å²) in [5.74, 6) is 0. The maximum atomic E-state index is 11.0. The monoisotopic (exact) mass is 240 g/mol. The van der Waals surface area contributed by atoms with Crippen LogP contribution in [0.1, 0.15) is 6.92 Å². The number of hydrogen-bond acceptors (Lipinski definition) is 3. The Labute approximate surface area is 96.4 Å². The Morgan fingerprint density at radius 2 is 1.75 bits per heavy atom. The van der Waals surface area contributed by atoms with Gasteiger partial charge in [-0.05, 0) is 31.2 Å². The molecule has 88 valence electrons. The minimum absolute atomic E-state index is 0.559. The lowest BCUT2D eigenvalue weighted by Crippen LogP contribution is -2.09. The van der Waals surface area contributed by atoms with Crippen LogP contribution in [0.4, 0.5) is 11.4 Å². The smallest absolute Gasteiger partial charge is 0.229 e. The first kappa shape index (κ1) is 12.6. The maximum Gasteiger partial charge on any atom is 0.229 e. The summed E-state index contributed by atoms with van der Waals surface area (Å²) in [4.78, 5) is 0. The zero-order chi connectivity index (χ0) is 12.2. The van der Waals surface area contributed by atoms with Gasteiger partial charge in [-0.25, -0.2) is 8.42 Å². The van der Waals surface area contributed by atoms with E-state index in [4.69, 9.17) is 0 Å². The summed E-state index contributed by atoms with van der Waals surface area (Å²) in [5.41, 5.74) is 2.53. The summed E-state index contributed by atoms with van der Waals surface area (Å²) >= 11 is 0. The second-order valence-corrected chi connectivity index (χ2v) is 5.51. The Bertz CT molecular complexity index is 463. The Balaban J connectivity index is 2.64. The molecule has 5 heteroatoms. The summed E-state index contributed by atoms with van der Waals surface area (Å²) in [5, 5.41) is 3.16. The highest BCUT2D eigenvalue weighted by molar-refractivity contribution is 7.92. The molecule has 0 aromatic heterocycles. The number of anilines is 2. The predicted octanol–water partition coefficient (Wildman–Crippen LogP) is 2.05. The number of hydrogen-bond donors (Lipinski definition) is 2. The molecule has 0 aliphatic carbocycles. The van der Waals surface area contributed by atoms with E-state index in [0.29, 0.717) is 12.2 Å². The highest BCUT2D eigenvalue weighted by atomic mass is 32.2. The minimum Gasteiger partial charge on any atom is -0.381 e. The van der Waals surface area contributed by atoms with Gasteiger partial charge in [-0.3, -0.25) is 4.72 Å². The van der Waals surface area contributed by atoms with Crippen molar-refractivity contribution >= 4 is 21.4 Å². The first-order chi connectivity index (χ1) is 7.37. The van der Waals surface area contributed by atoms with E-state index in [0.717, 1.165) is 17.5 Å². The molecule has 0 bridgehead atoms. The number of benzene rings is 1. The Kier molecular flexibility index (Phi) is 3.95. The van der Waals surface area contributed by atoms with Crippen molar-refractivity contribution in [2.45, 2.75) is 6.92 Å². The van der Waals surface area contributed by atoms with E-state index in [1.807, 2.05) is 19.1 Å². The molecule has 0 aliphatic rings. The maximum absolute atomic E-state index is 11.0. The molecule has 0 saturated carbocycles. The topological polar surface area (TPSA) is 58.2 Å². The van der Waals surface area contributed by atoms with E-state index in [1.54, 1.807) is 12.1 Å². The second-order valence-electron chi connectivity index (χ2n) is 3.76. The zero-order valence-corrected chi connectivity index (χ0v) is 10.3. The fourth-order valence-electron chi connectivity index (χ4n) is 1.12. The van der Waals surface area contributed by atoms with Gasteiger partial charge in [0.25, 0.3) is 0 Å². The molecule has 0 atom stereocenters. The molecule has 0 unspecified atom stereocenters. The average Bonchev–Trinajstić information content (AvgIpc) is 2.14. The van der Waals surface area contributed by atoms with Crippen LogP contribution in [0.2, 0.25) is 0 Å². The van der Waals surface area contributed by atoms with Crippen LogP contribution in [0.3, 0.4) is 0 Å². The molecule has 1 aromatic carbocycles. The molecule has 1 rings (SSSR count). The van der Waals surface area contributed by atoms with Gasteiger partial charge in [0.15, 0.2) is 0 Å². The second kappa shape index (κ2) is 5.03. The lowest BCUT2D eigenvalue weighted by molar-refractivity contribution is 0.607. The van der Waals surface area contributed by atoms with E-state index in [1.165, 1.54) is 0 Å². The van der Waals surface area contributed by atoms with Gasteiger partial charge < -0.3 is 5.32 Å². The van der Waals surface area contributed by atoms with Crippen molar-refractivity contribution in [1.82, 2.24) is 0 Å². The molecule has 2 N–H and O–H groups in total. The van der Waals surface area contributed by atoms with Gasteiger partial charge in [-0.2, -0.15) is 0 Å². The molecule has 1 aromatic rings. The van der Waals surface area contributed by atoms with Gasteiger partial charge in [-0.15, -0.1) is 0 Å². The van der Waals surface area contributed by atoms with Gasteiger partial charge in [0.1, 0.15) is 0 Å². The Hall–Kier alpha value is -1.49. The standard InChI is InChI=1S/C11H16N2O2S/c1-9(2)8-12-10-4-6-11(7-5-10)13-16(3,14)15/h4-7,12-13H,1,8H2,2-3H3. The molecular weight excluding hydrogens is 224 g/mol. The summed E-state index contributed by atoms with van der Waals surface area (Å²) in [6.45, 7) is 6.43. The summed E-state index contributed by atoms with van der Waals surface area (Å²) in [6.07, 6.45) is 1.13. The lowest BCUT2D eigenvalue weighted by atomic mass is 10.2. The van der Waals surface area contributed by atoms with Crippen LogP contribution in [0.5, 0.6) is 0 Å². The predicted molar refractivity (Wildman–Crippen MR) is 68.2 cm³/mol. The van der Waals surface area contributed by atoms with E-state index in [-0.39, 0.29) is 0 Å². The SMILES string of the molecule is C=C(C)CNc1ccc(NS(C)(=O)=O)cc1. The first-order valence-corrected chi connectivity index (χ1v) is 6.72. The molecule has 4 nitrogen and oxygen atoms in total. The molecular formula is C11H16N2O2S. The van der Waals surface area contributed by atoms with Gasteiger partial charge >= 0.3 is 0 Å². The molecule has 16 heavy (non-hydrogen) atoms. The van der Waals surface area contributed by atoms with Gasteiger partial charge in [0, 0.05) is 17.9 Å². The summed E-state index contributed by atoms with van der Waals surface area (Å²) in [6, 6.07) is 7.05. The van der Waals surface area contributed by atoms with E-state index in [2.05, 4.69) is 16.6 Å². The molecule has 0 heterocycles. The van der Waals surface area contributed by atoms with Crippen molar-refractivity contribution < 1.29 is 8.42 Å². The highest BCUT2D eigenvalue weighted by Crippen LogP contribution is 2.14. The van der Waals surface area contributed by atoms with Gasteiger partial charge in [-0.1, -0.05) is 12.2 Å². The van der Waals surface area contributed by atoms with Crippen LogP contribution < -0.4 is 10.0 Å². The van der Waals surface area contributed by atoms with Crippen LogP contribution >= 0.6 is 0 Å². The quantitative estimate of drug-likeness (QED) is 0.774. The lowest BCUT2D eigenvalue weighted by Gasteiger charge is -2.07. The normalized spacial score (nSPS) is 10.9. The molecule has 0 fully saturated rings. The van der Waals surface area contributed by atoms with Crippen molar-refractivity contribution in [2.75, 3.05) is 22.8 Å². The van der Waals surface area contributed by atoms with E-state index >= 15 is 0 Å². The van der Waals surface area contributed by atoms with E-state index < -0.39 is 10.0 Å². The van der Waals surface area contributed by atoms with Crippen LogP contribution in [-0.4, -0.2) is 21.2 Å². The largest absolute Gasteiger partial charge is 0.381 e. The Morgan fingerprint density at radius 3 is 2.19 bits per heavy atom. The molecule has 0 saturated heterocycles. The van der Waals surface area contributed by atoms with Gasteiger partial charge in [0.05, 0.1) is 6.26 Å². The van der Waals surface area contributed by atoms with Crippen LogP contribution in [-0.2, 0) is 10.0 Å². The average molecular weight is 240 g/mol. The van der Waals surface area contributed by atoms with Crippen molar-refractivity contribution in [3.63, 3.8) is 0 Å². The molecule has 0 amide bonds. The van der Waals surface area contributed by atoms with Crippen molar-refractivity contribution in [1.29, 1.82) is 0 Å². The van der Waals surface area contributed by atoms with Crippen LogP contribution in [0.15, 0.2) is 36.4 Å². The summed E-state index contributed by atoms with van der Waals surface area (Å²) < 4.78 is 24.3. The van der Waals surface area contributed by atoms with Crippen LogP contribution in [0, 0.1) is 0 Å². The number of rotatable bonds is 5. The molecule has 0 spiro atoms. The fraction of sp³-hybridized carbons (Fsp3) is 0.273. The highest BCUT2D eigenvalue weighted by Gasteiger charge is 2.00. The molecule has 0 radical (unpaired) electrons. The zero-order valence-electron chi connectivity index (χ0n) is 9.45. The Morgan fingerprint density at radius 1 is 1.25 bits per heavy atom. The third kappa shape index (κ3) is 4.84. The van der Waals surface area contributed by atoms with Crippen molar-refractivity contribution in [2.24, 2.45) is 0 Å².